The number of rotatable bonds is 4. The smallest absolute Gasteiger partial charge is 0.0584 e. The van der Waals surface area contributed by atoms with E-state index in [0.29, 0.717) is 19.3 Å². The van der Waals surface area contributed by atoms with Gasteiger partial charge >= 0.3 is 0 Å². The van der Waals surface area contributed by atoms with Crippen molar-refractivity contribution >= 4 is 5.69 Å². The molecular weight excluding hydrogens is 238 g/mol. The molecular formula is C16H23NO2. The Hall–Kier alpha value is -1.06. The van der Waals surface area contributed by atoms with Crippen LogP contribution >= 0.6 is 0 Å². The molecule has 0 radical (unpaired) electrons. The molecule has 104 valence electrons. The topological polar surface area (TPSA) is 32.7 Å². The number of hydrogen-bond acceptors (Lipinski definition) is 3. The number of aryl methyl sites for hydroxylation is 1. The van der Waals surface area contributed by atoms with E-state index < -0.39 is 0 Å². The van der Waals surface area contributed by atoms with Gasteiger partial charge in [0.15, 0.2) is 0 Å². The normalized spacial score (nSPS) is 24.7. The van der Waals surface area contributed by atoms with Gasteiger partial charge in [0.2, 0.25) is 0 Å². The van der Waals surface area contributed by atoms with Crippen LogP contribution in [0.4, 0.5) is 5.69 Å². The SMILES string of the molecule is CCC1CCc2ccccc2N1CC1(CO)COC1. The van der Waals surface area contributed by atoms with E-state index in [2.05, 4.69) is 36.1 Å². The zero-order valence-electron chi connectivity index (χ0n) is 11.6. The van der Waals surface area contributed by atoms with Crippen molar-refractivity contribution in [3.63, 3.8) is 0 Å². The van der Waals surface area contributed by atoms with Gasteiger partial charge in [0, 0.05) is 18.3 Å². The highest BCUT2D eigenvalue weighted by Crippen LogP contribution is 2.36. The first kappa shape index (κ1) is 12.9. The average molecular weight is 261 g/mol. The lowest BCUT2D eigenvalue weighted by Crippen LogP contribution is -2.56. The molecule has 2 heterocycles. The largest absolute Gasteiger partial charge is 0.396 e. The summed E-state index contributed by atoms with van der Waals surface area (Å²) in [6.45, 7) is 4.78. The van der Waals surface area contributed by atoms with Crippen LogP contribution in [0.15, 0.2) is 24.3 Å². The maximum atomic E-state index is 9.67. The van der Waals surface area contributed by atoms with Crippen molar-refractivity contribution in [2.75, 3.05) is 31.3 Å². The van der Waals surface area contributed by atoms with Crippen molar-refractivity contribution in [1.82, 2.24) is 0 Å². The Morgan fingerprint density at radius 1 is 1.37 bits per heavy atom. The van der Waals surface area contributed by atoms with Gasteiger partial charge < -0.3 is 14.7 Å². The molecule has 0 aromatic heterocycles. The number of nitrogens with zero attached hydrogens (tertiary/aromatic N) is 1. The molecule has 1 atom stereocenters. The standard InChI is InChI=1S/C16H23NO2/c1-2-14-8-7-13-5-3-4-6-15(13)17(14)9-16(10-18)11-19-12-16/h3-6,14,18H,2,7-12H2,1H3. The predicted octanol–water partition coefficient (Wildman–Crippen LogP) is 2.23. The highest BCUT2D eigenvalue weighted by Gasteiger charge is 2.41. The number of aliphatic hydroxyl groups is 1. The highest BCUT2D eigenvalue weighted by atomic mass is 16.5. The van der Waals surface area contributed by atoms with Gasteiger partial charge in [0.1, 0.15) is 0 Å². The summed E-state index contributed by atoms with van der Waals surface area (Å²) < 4.78 is 5.34. The van der Waals surface area contributed by atoms with Crippen LogP contribution in [0.3, 0.4) is 0 Å². The maximum absolute atomic E-state index is 9.67. The van der Waals surface area contributed by atoms with E-state index in [1.165, 1.54) is 24.1 Å². The van der Waals surface area contributed by atoms with Crippen LogP contribution in [0.1, 0.15) is 25.3 Å². The Kier molecular flexibility index (Phi) is 3.50. The highest BCUT2D eigenvalue weighted by molar-refractivity contribution is 5.56. The minimum Gasteiger partial charge on any atom is -0.396 e. The van der Waals surface area contributed by atoms with Gasteiger partial charge in [-0.3, -0.25) is 0 Å². The Labute approximate surface area is 115 Å². The first-order valence-electron chi connectivity index (χ1n) is 7.31. The molecule has 3 heteroatoms. The van der Waals surface area contributed by atoms with E-state index in [9.17, 15) is 5.11 Å². The monoisotopic (exact) mass is 261 g/mol. The number of benzene rings is 1. The average Bonchev–Trinajstić information content (AvgIpc) is 2.42. The molecule has 1 unspecified atom stereocenters. The third-order valence-electron chi connectivity index (χ3n) is 4.62. The van der Waals surface area contributed by atoms with Gasteiger partial charge in [-0.25, -0.2) is 0 Å². The van der Waals surface area contributed by atoms with Crippen LogP contribution in [0.25, 0.3) is 0 Å². The zero-order valence-corrected chi connectivity index (χ0v) is 11.6. The summed E-state index contributed by atoms with van der Waals surface area (Å²) in [7, 11) is 0. The van der Waals surface area contributed by atoms with Crippen molar-refractivity contribution in [2.24, 2.45) is 5.41 Å². The van der Waals surface area contributed by atoms with Gasteiger partial charge in [-0.2, -0.15) is 0 Å². The molecule has 1 fully saturated rings. The van der Waals surface area contributed by atoms with E-state index in [1.54, 1.807) is 0 Å². The van der Waals surface area contributed by atoms with Crippen LogP contribution in [-0.2, 0) is 11.2 Å². The Morgan fingerprint density at radius 2 is 2.16 bits per heavy atom. The van der Waals surface area contributed by atoms with Gasteiger partial charge in [-0.05, 0) is 30.9 Å². The molecule has 2 aliphatic heterocycles. The van der Waals surface area contributed by atoms with Crippen LogP contribution in [0.2, 0.25) is 0 Å². The van der Waals surface area contributed by atoms with Gasteiger partial charge in [-0.15, -0.1) is 0 Å². The number of para-hydroxylation sites is 1. The van der Waals surface area contributed by atoms with Crippen molar-refractivity contribution < 1.29 is 9.84 Å². The van der Waals surface area contributed by atoms with E-state index in [-0.39, 0.29) is 12.0 Å². The van der Waals surface area contributed by atoms with Crippen molar-refractivity contribution in [2.45, 2.75) is 32.2 Å². The van der Waals surface area contributed by atoms with Crippen molar-refractivity contribution in [1.29, 1.82) is 0 Å². The maximum Gasteiger partial charge on any atom is 0.0584 e. The summed E-state index contributed by atoms with van der Waals surface area (Å²) in [6, 6.07) is 9.29. The third-order valence-corrected chi connectivity index (χ3v) is 4.62. The lowest BCUT2D eigenvalue weighted by Gasteiger charge is -2.48. The minimum absolute atomic E-state index is 0.0438. The number of anilines is 1. The van der Waals surface area contributed by atoms with Gasteiger partial charge in [0.25, 0.3) is 0 Å². The molecule has 3 rings (SSSR count). The van der Waals surface area contributed by atoms with Crippen molar-refractivity contribution in [3.8, 4) is 0 Å². The van der Waals surface area contributed by atoms with Crippen LogP contribution in [0.5, 0.6) is 0 Å². The van der Waals surface area contributed by atoms with E-state index >= 15 is 0 Å². The summed E-state index contributed by atoms with van der Waals surface area (Å²) >= 11 is 0. The molecule has 0 spiro atoms. The second kappa shape index (κ2) is 5.14. The Balaban J connectivity index is 1.88. The van der Waals surface area contributed by atoms with Crippen LogP contribution in [0, 0.1) is 5.41 Å². The quantitative estimate of drug-likeness (QED) is 0.902. The molecule has 0 saturated carbocycles. The van der Waals surface area contributed by atoms with E-state index in [1.807, 2.05) is 0 Å². The van der Waals surface area contributed by atoms with E-state index in [0.717, 1.165) is 13.0 Å². The molecule has 1 N–H and O–H groups in total. The predicted molar refractivity (Wildman–Crippen MR) is 76.5 cm³/mol. The molecule has 3 nitrogen and oxygen atoms in total. The molecule has 0 amide bonds. The lowest BCUT2D eigenvalue weighted by atomic mass is 9.84. The first-order chi connectivity index (χ1) is 9.28. The lowest BCUT2D eigenvalue weighted by molar-refractivity contribution is -0.131. The van der Waals surface area contributed by atoms with Gasteiger partial charge in [-0.1, -0.05) is 25.1 Å². The molecule has 1 aromatic carbocycles. The molecule has 1 aromatic rings. The number of fused-ring (bicyclic) bond motifs is 1. The summed E-state index contributed by atoms with van der Waals surface area (Å²) in [4.78, 5) is 2.51. The fraction of sp³-hybridized carbons (Fsp3) is 0.625. The second-order valence-electron chi connectivity index (χ2n) is 6.01. The zero-order chi connectivity index (χ0) is 13.3. The molecule has 19 heavy (non-hydrogen) atoms. The fourth-order valence-corrected chi connectivity index (χ4v) is 3.30. The van der Waals surface area contributed by atoms with Crippen LogP contribution < -0.4 is 4.90 Å². The molecule has 0 bridgehead atoms. The molecule has 2 aliphatic rings. The van der Waals surface area contributed by atoms with Crippen molar-refractivity contribution in [3.05, 3.63) is 29.8 Å². The number of hydrogen-bond donors (Lipinski definition) is 1. The summed E-state index contributed by atoms with van der Waals surface area (Å²) in [6.07, 6.45) is 3.56. The Bertz CT molecular complexity index is 437. The summed E-state index contributed by atoms with van der Waals surface area (Å²) in [5.41, 5.74) is 2.76. The summed E-state index contributed by atoms with van der Waals surface area (Å²) in [5.74, 6) is 0. The minimum atomic E-state index is -0.0438. The molecule has 1 saturated heterocycles. The Morgan fingerprint density at radius 3 is 2.79 bits per heavy atom. The van der Waals surface area contributed by atoms with Crippen LogP contribution in [-0.4, -0.2) is 37.5 Å². The summed E-state index contributed by atoms with van der Waals surface area (Å²) in [5, 5.41) is 9.67. The first-order valence-corrected chi connectivity index (χ1v) is 7.31. The van der Waals surface area contributed by atoms with E-state index in [4.69, 9.17) is 4.74 Å². The van der Waals surface area contributed by atoms with Gasteiger partial charge in [0.05, 0.1) is 25.2 Å². The number of aliphatic hydroxyl groups excluding tert-OH is 1. The molecule has 0 aliphatic carbocycles. The third kappa shape index (κ3) is 2.26. The second-order valence-corrected chi connectivity index (χ2v) is 6.01. The number of ether oxygens (including phenoxy) is 1. The fourth-order valence-electron chi connectivity index (χ4n) is 3.30.